The molecular formula is C22H29F4N7O2S. The van der Waals surface area contributed by atoms with E-state index in [-0.39, 0.29) is 48.3 Å². The third kappa shape index (κ3) is 4.82. The Labute approximate surface area is 206 Å². The van der Waals surface area contributed by atoms with Crippen molar-refractivity contribution in [3.05, 3.63) is 24.2 Å². The first-order chi connectivity index (χ1) is 16.8. The third-order valence-corrected chi connectivity index (χ3v) is 9.76. The molecule has 2 aliphatic carbocycles. The van der Waals surface area contributed by atoms with Gasteiger partial charge in [-0.15, -0.1) is 0 Å². The summed E-state index contributed by atoms with van der Waals surface area (Å²) >= 11 is 0. The number of aromatic nitrogens is 4. The molecule has 198 valence electrons. The number of sulfonamides is 1. The molecule has 2 aromatic rings. The SMILES string of the molecule is C[C@]1(N)C[C@@H](n2cc(-c3nc(N[C@H]4CCN(S(=O)(=O)C5CCC5)C[C@H]4F)ncc3C(F)(F)F)cn2)C1. The molecular weight excluding hydrogens is 502 g/mol. The zero-order chi connectivity index (χ0) is 25.9. The van der Waals surface area contributed by atoms with Crippen molar-refractivity contribution in [3.63, 3.8) is 0 Å². The molecule has 3 aliphatic rings. The number of hydrogen-bond acceptors (Lipinski definition) is 7. The van der Waals surface area contributed by atoms with E-state index in [9.17, 15) is 26.0 Å². The maximum atomic E-state index is 15.0. The fraction of sp³-hybridized carbons (Fsp3) is 0.682. The van der Waals surface area contributed by atoms with Crippen molar-refractivity contribution in [1.82, 2.24) is 24.1 Å². The zero-order valence-corrected chi connectivity index (χ0v) is 20.6. The van der Waals surface area contributed by atoms with Crippen LogP contribution in [0.4, 0.5) is 23.5 Å². The Morgan fingerprint density at radius 2 is 1.92 bits per heavy atom. The molecule has 0 bridgehead atoms. The van der Waals surface area contributed by atoms with E-state index in [0.29, 0.717) is 31.9 Å². The summed E-state index contributed by atoms with van der Waals surface area (Å²) in [6.45, 7) is 1.72. The first-order valence-corrected chi connectivity index (χ1v) is 13.5. The van der Waals surface area contributed by atoms with Gasteiger partial charge in [0.1, 0.15) is 11.7 Å². The molecule has 3 N–H and O–H groups in total. The van der Waals surface area contributed by atoms with Gasteiger partial charge in [0.25, 0.3) is 0 Å². The Morgan fingerprint density at radius 1 is 1.19 bits per heavy atom. The van der Waals surface area contributed by atoms with Gasteiger partial charge in [0.15, 0.2) is 0 Å². The minimum Gasteiger partial charge on any atom is -0.348 e. The van der Waals surface area contributed by atoms with Gasteiger partial charge in [0.05, 0.1) is 29.2 Å². The summed E-state index contributed by atoms with van der Waals surface area (Å²) in [6, 6.07) is -0.835. The molecule has 0 radical (unpaired) electrons. The zero-order valence-electron chi connectivity index (χ0n) is 19.7. The monoisotopic (exact) mass is 531 g/mol. The van der Waals surface area contributed by atoms with Crippen molar-refractivity contribution >= 4 is 16.0 Å². The van der Waals surface area contributed by atoms with Crippen LogP contribution in [0.5, 0.6) is 0 Å². The summed E-state index contributed by atoms with van der Waals surface area (Å²) in [5.74, 6) is -0.160. The Bertz CT molecular complexity index is 1220. The van der Waals surface area contributed by atoms with Gasteiger partial charge >= 0.3 is 6.18 Å². The highest BCUT2D eigenvalue weighted by molar-refractivity contribution is 7.89. The molecule has 2 saturated carbocycles. The van der Waals surface area contributed by atoms with Crippen molar-refractivity contribution in [1.29, 1.82) is 0 Å². The number of nitrogens with one attached hydrogen (secondary N) is 1. The van der Waals surface area contributed by atoms with Crippen molar-refractivity contribution in [2.24, 2.45) is 5.73 Å². The van der Waals surface area contributed by atoms with Gasteiger partial charge in [-0.1, -0.05) is 6.42 Å². The molecule has 14 heteroatoms. The first kappa shape index (κ1) is 25.3. The third-order valence-electron chi connectivity index (χ3n) is 7.40. The predicted octanol–water partition coefficient (Wildman–Crippen LogP) is 3.12. The van der Waals surface area contributed by atoms with E-state index in [2.05, 4.69) is 20.4 Å². The van der Waals surface area contributed by atoms with Crippen LogP contribution in [0, 0.1) is 0 Å². The van der Waals surface area contributed by atoms with Crippen molar-refractivity contribution in [3.8, 4) is 11.3 Å². The fourth-order valence-corrected chi connectivity index (χ4v) is 7.12. The Hall–Kier alpha value is -2.32. The smallest absolute Gasteiger partial charge is 0.348 e. The molecule has 9 nitrogen and oxygen atoms in total. The minimum atomic E-state index is -4.70. The number of nitrogens with two attached hydrogens (primary N) is 1. The van der Waals surface area contributed by atoms with E-state index in [1.54, 1.807) is 4.68 Å². The molecule has 2 aromatic heterocycles. The second-order valence-electron chi connectivity index (χ2n) is 10.4. The summed E-state index contributed by atoms with van der Waals surface area (Å²) in [4.78, 5) is 7.86. The van der Waals surface area contributed by atoms with E-state index in [0.717, 1.165) is 6.42 Å². The van der Waals surface area contributed by atoms with E-state index in [1.807, 2.05) is 6.92 Å². The number of rotatable bonds is 6. The summed E-state index contributed by atoms with van der Waals surface area (Å²) in [5.41, 5.74) is 4.49. The van der Waals surface area contributed by atoms with Gasteiger partial charge in [-0.3, -0.25) is 4.68 Å². The second kappa shape index (κ2) is 8.91. The van der Waals surface area contributed by atoms with Gasteiger partial charge in [0.2, 0.25) is 16.0 Å². The summed E-state index contributed by atoms with van der Waals surface area (Å²) < 4.78 is 84.1. The van der Waals surface area contributed by atoms with E-state index in [1.165, 1.54) is 16.7 Å². The summed E-state index contributed by atoms with van der Waals surface area (Å²) in [6.07, 6.45) is 0.703. The van der Waals surface area contributed by atoms with E-state index >= 15 is 0 Å². The fourth-order valence-electron chi connectivity index (χ4n) is 5.06. The molecule has 0 unspecified atom stereocenters. The standard InChI is InChI=1S/C22H29F4N7O2S/c1-21(27)7-14(8-21)33-11-13(9-29-33)19-16(22(24,25)26)10-28-20(31-19)30-18-5-6-32(12-17(18)23)36(34,35)15-3-2-4-15/h9-11,14-15,17-18H,2-8,12,27H2,1H3,(H,28,30,31)/t14-,17-,18+,21+/m1/s1. The van der Waals surface area contributed by atoms with Gasteiger partial charge in [-0.05, 0) is 39.0 Å². The number of nitrogens with zero attached hydrogens (tertiary/aromatic N) is 5. The van der Waals surface area contributed by atoms with Crippen LogP contribution < -0.4 is 11.1 Å². The highest BCUT2D eigenvalue weighted by Gasteiger charge is 2.42. The topological polar surface area (TPSA) is 119 Å². The van der Waals surface area contributed by atoms with Gasteiger partial charge in [0, 0.05) is 36.6 Å². The molecule has 3 fully saturated rings. The summed E-state index contributed by atoms with van der Waals surface area (Å²) in [7, 11) is -3.54. The van der Waals surface area contributed by atoms with Crippen LogP contribution in [-0.4, -0.2) is 68.6 Å². The van der Waals surface area contributed by atoms with Crippen LogP contribution >= 0.6 is 0 Å². The lowest BCUT2D eigenvalue weighted by molar-refractivity contribution is -0.137. The maximum absolute atomic E-state index is 15.0. The normalized spacial score (nSPS) is 30.0. The van der Waals surface area contributed by atoms with Gasteiger partial charge < -0.3 is 11.1 Å². The molecule has 36 heavy (non-hydrogen) atoms. The van der Waals surface area contributed by atoms with Crippen molar-refractivity contribution in [2.75, 3.05) is 18.4 Å². The minimum absolute atomic E-state index is 0.00350. The van der Waals surface area contributed by atoms with Crippen LogP contribution in [-0.2, 0) is 16.2 Å². The molecule has 1 saturated heterocycles. The number of piperidine rings is 1. The Morgan fingerprint density at radius 3 is 2.50 bits per heavy atom. The lowest BCUT2D eigenvalue weighted by Gasteiger charge is -2.42. The summed E-state index contributed by atoms with van der Waals surface area (Å²) in [5, 5.41) is 6.54. The van der Waals surface area contributed by atoms with Gasteiger partial charge in [-0.2, -0.15) is 22.6 Å². The molecule has 0 spiro atoms. The number of anilines is 1. The number of hydrogen-bond donors (Lipinski definition) is 2. The number of halogens is 4. The highest BCUT2D eigenvalue weighted by atomic mass is 32.2. The van der Waals surface area contributed by atoms with E-state index in [4.69, 9.17) is 5.73 Å². The Balaban J connectivity index is 1.33. The molecule has 2 atom stereocenters. The van der Waals surface area contributed by atoms with Crippen LogP contribution in [0.1, 0.15) is 57.1 Å². The maximum Gasteiger partial charge on any atom is 0.419 e. The predicted molar refractivity (Wildman–Crippen MR) is 124 cm³/mol. The van der Waals surface area contributed by atoms with E-state index < -0.39 is 39.2 Å². The average Bonchev–Trinajstić information content (AvgIpc) is 3.21. The first-order valence-electron chi connectivity index (χ1n) is 12.0. The molecule has 1 aliphatic heterocycles. The largest absolute Gasteiger partial charge is 0.419 e. The highest BCUT2D eigenvalue weighted by Crippen LogP contribution is 2.41. The van der Waals surface area contributed by atoms with Crippen LogP contribution in [0.2, 0.25) is 0 Å². The molecule has 5 rings (SSSR count). The molecule has 0 aromatic carbocycles. The second-order valence-corrected chi connectivity index (χ2v) is 12.6. The Kier molecular flexibility index (Phi) is 6.27. The van der Waals surface area contributed by atoms with Crippen LogP contribution in [0.3, 0.4) is 0 Å². The lowest BCUT2D eigenvalue weighted by atomic mass is 9.75. The number of alkyl halides is 4. The molecule has 3 heterocycles. The van der Waals surface area contributed by atoms with Crippen molar-refractivity contribution < 1.29 is 26.0 Å². The molecule has 0 amide bonds. The quantitative estimate of drug-likeness (QED) is 0.550. The van der Waals surface area contributed by atoms with Crippen LogP contribution in [0.15, 0.2) is 18.6 Å². The lowest BCUT2D eigenvalue weighted by Crippen LogP contribution is -2.53. The van der Waals surface area contributed by atoms with Crippen molar-refractivity contribution in [2.45, 2.75) is 80.7 Å². The van der Waals surface area contributed by atoms with Crippen LogP contribution in [0.25, 0.3) is 11.3 Å². The van der Waals surface area contributed by atoms with Gasteiger partial charge in [-0.25, -0.2) is 22.8 Å². The average molecular weight is 532 g/mol.